The molecular weight excluding hydrogens is 322 g/mol. The highest BCUT2D eigenvalue weighted by atomic mass is 35.5. The van der Waals surface area contributed by atoms with Gasteiger partial charge in [-0.05, 0) is 50.8 Å². The number of nitriles is 2. The second-order valence-electron chi connectivity index (χ2n) is 6.49. The molecule has 2 saturated heterocycles. The summed E-state index contributed by atoms with van der Waals surface area (Å²) in [6, 6.07) is 5.00. The van der Waals surface area contributed by atoms with Gasteiger partial charge in [0.15, 0.2) is 0 Å². The zero-order valence-corrected chi connectivity index (χ0v) is 14.8. The molecule has 126 valence electrons. The lowest BCUT2D eigenvalue weighted by Crippen LogP contribution is -2.44. The molecule has 1 aromatic rings. The Morgan fingerprint density at radius 3 is 2.25 bits per heavy atom. The summed E-state index contributed by atoms with van der Waals surface area (Å²) in [6.45, 7) is 6.14. The first-order valence-corrected chi connectivity index (χ1v) is 9.09. The minimum absolute atomic E-state index is 0.213. The van der Waals surface area contributed by atoms with E-state index in [9.17, 15) is 10.5 Å². The maximum atomic E-state index is 9.62. The van der Waals surface area contributed by atoms with E-state index in [-0.39, 0.29) is 5.15 Å². The van der Waals surface area contributed by atoms with Gasteiger partial charge in [0.05, 0.1) is 11.1 Å². The van der Waals surface area contributed by atoms with Crippen molar-refractivity contribution in [1.29, 1.82) is 10.5 Å². The van der Waals surface area contributed by atoms with E-state index in [1.807, 2.05) is 6.92 Å². The van der Waals surface area contributed by atoms with Crippen molar-refractivity contribution >= 4 is 17.4 Å². The van der Waals surface area contributed by atoms with E-state index in [1.54, 1.807) is 0 Å². The van der Waals surface area contributed by atoms with Crippen molar-refractivity contribution < 1.29 is 0 Å². The number of pyridine rings is 1. The molecule has 1 aromatic heterocycles. The molecule has 0 aliphatic carbocycles. The summed E-state index contributed by atoms with van der Waals surface area (Å²) in [7, 11) is 0. The number of anilines is 1. The highest BCUT2D eigenvalue weighted by Crippen LogP contribution is 2.31. The molecule has 2 aliphatic rings. The molecule has 0 unspecified atom stereocenters. The fourth-order valence-corrected chi connectivity index (χ4v) is 4.19. The largest absolute Gasteiger partial charge is 0.355 e. The maximum absolute atomic E-state index is 9.62. The Bertz CT molecular complexity index is 689. The molecule has 3 rings (SSSR count). The van der Waals surface area contributed by atoms with E-state index >= 15 is 0 Å². The van der Waals surface area contributed by atoms with Gasteiger partial charge in [0.1, 0.15) is 23.1 Å². The van der Waals surface area contributed by atoms with Crippen LogP contribution < -0.4 is 4.90 Å². The molecule has 6 heteroatoms. The van der Waals surface area contributed by atoms with Gasteiger partial charge in [-0.3, -0.25) is 0 Å². The van der Waals surface area contributed by atoms with Crippen LogP contribution in [0.25, 0.3) is 0 Å². The molecular formula is C18H22ClN5. The molecule has 0 atom stereocenters. The molecule has 0 bridgehead atoms. The Morgan fingerprint density at radius 1 is 1.08 bits per heavy atom. The quantitative estimate of drug-likeness (QED) is 0.789. The molecule has 2 aliphatic heterocycles. The Kier molecular flexibility index (Phi) is 5.23. The first kappa shape index (κ1) is 17.0. The highest BCUT2D eigenvalue weighted by Gasteiger charge is 2.29. The van der Waals surface area contributed by atoms with Crippen LogP contribution in [0.2, 0.25) is 5.15 Å². The number of hydrogen-bond donors (Lipinski definition) is 0. The number of piperidine rings is 1. The Balaban J connectivity index is 1.84. The van der Waals surface area contributed by atoms with Crippen molar-refractivity contribution in [1.82, 2.24) is 9.88 Å². The summed E-state index contributed by atoms with van der Waals surface area (Å²) in [5.74, 6) is 0.651. The van der Waals surface area contributed by atoms with Gasteiger partial charge in [0.25, 0.3) is 0 Å². The summed E-state index contributed by atoms with van der Waals surface area (Å²) < 4.78 is 0. The zero-order chi connectivity index (χ0) is 17.1. The normalized spacial score (nSPS) is 19.2. The van der Waals surface area contributed by atoms with Gasteiger partial charge >= 0.3 is 0 Å². The van der Waals surface area contributed by atoms with Crippen molar-refractivity contribution in [2.75, 3.05) is 31.1 Å². The Morgan fingerprint density at radius 2 is 1.71 bits per heavy atom. The van der Waals surface area contributed by atoms with Crippen LogP contribution in [-0.2, 0) is 6.42 Å². The summed E-state index contributed by atoms with van der Waals surface area (Å²) in [5.41, 5.74) is 1.57. The zero-order valence-electron chi connectivity index (χ0n) is 14.1. The van der Waals surface area contributed by atoms with Gasteiger partial charge in [0.2, 0.25) is 0 Å². The first-order chi connectivity index (χ1) is 11.7. The predicted octanol–water partition coefficient (Wildman–Crippen LogP) is 3.11. The van der Waals surface area contributed by atoms with Gasteiger partial charge in [-0.15, -0.1) is 0 Å². The second kappa shape index (κ2) is 7.38. The average Bonchev–Trinajstić information content (AvgIpc) is 3.15. The molecule has 0 amide bonds. The first-order valence-electron chi connectivity index (χ1n) is 8.71. The molecule has 2 fully saturated rings. The second-order valence-corrected chi connectivity index (χ2v) is 6.85. The number of nitrogens with zero attached hydrogens (tertiary/aromatic N) is 5. The minimum Gasteiger partial charge on any atom is -0.355 e. The number of likely N-dealkylation sites (tertiary alicyclic amines) is 1. The summed E-state index contributed by atoms with van der Waals surface area (Å²) in [4.78, 5) is 9.16. The van der Waals surface area contributed by atoms with Crippen LogP contribution in [0.5, 0.6) is 0 Å². The third-order valence-corrected chi connectivity index (χ3v) is 5.51. The van der Waals surface area contributed by atoms with Crippen LogP contribution in [0, 0.1) is 22.7 Å². The van der Waals surface area contributed by atoms with Crippen LogP contribution >= 0.6 is 11.6 Å². The lowest BCUT2D eigenvalue weighted by molar-refractivity contribution is 0.207. The third kappa shape index (κ3) is 3.07. The summed E-state index contributed by atoms with van der Waals surface area (Å²) >= 11 is 6.22. The van der Waals surface area contributed by atoms with Crippen molar-refractivity contribution in [3.8, 4) is 12.1 Å². The lowest BCUT2D eigenvalue weighted by Gasteiger charge is -2.37. The standard InChI is InChI=1S/C18H22ClN5/c1-2-14-15(11-20)17(19)22-18(16(14)12-21)24-9-5-13(6-10-24)23-7-3-4-8-23/h13H,2-10H2,1H3. The molecule has 0 radical (unpaired) electrons. The van der Waals surface area contributed by atoms with E-state index < -0.39 is 0 Å². The lowest BCUT2D eigenvalue weighted by atomic mass is 9.99. The van der Waals surface area contributed by atoms with Gasteiger partial charge < -0.3 is 9.80 Å². The number of halogens is 1. The Labute approximate surface area is 148 Å². The predicted molar refractivity (Wildman–Crippen MR) is 94.1 cm³/mol. The van der Waals surface area contributed by atoms with Gasteiger partial charge in [-0.25, -0.2) is 4.98 Å². The molecule has 0 saturated carbocycles. The molecule has 0 N–H and O–H groups in total. The van der Waals surface area contributed by atoms with Crippen molar-refractivity contribution in [3.63, 3.8) is 0 Å². The van der Waals surface area contributed by atoms with Gasteiger partial charge in [-0.2, -0.15) is 10.5 Å². The molecule has 0 spiro atoms. The SMILES string of the molecule is CCc1c(C#N)c(Cl)nc(N2CCC(N3CCCC3)CC2)c1C#N. The monoisotopic (exact) mass is 343 g/mol. The van der Waals surface area contributed by atoms with Gasteiger partial charge in [-0.1, -0.05) is 18.5 Å². The van der Waals surface area contributed by atoms with Crippen LogP contribution in [0.15, 0.2) is 0 Å². The number of hydrogen-bond acceptors (Lipinski definition) is 5. The number of rotatable bonds is 3. The molecule has 0 aromatic carbocycles. The smallest absolute Gasteiger partial charge is 0.149 e. The van der Waals surface area contributed by atoms with Crippen LogP contribution in [0.3, 0.4) is 0 Å². The van der Waals surface area contributed by atoms with E-state index in [1.165, 1.54) is 25.9 Å². The topological polar surface area (TPSA) is 67.0 Å². The van der Waals surface area contributed by atoms with Crippen LogP contribution in [0.4, 0.5) is 5.82 Å². The van der Waals surface area contributed by atoms with Crippen LogP contribution in [-0.4, -0.2) is 42.1 Å². The summed E-state index contributed by atoms with van der Waals surface area (Å²) in [6.07, 6.45) is 5.40. The molecule has 3 heterocycles. The van der Waals surface area contributed by atoms with E-state index in [2.05, 4.69) is 26.9 Å². The highest BCUT2D eigenvalue weighted by molar-refractivity contribution is 6.30. The maximum Gasteiger partial charge on any atom is 0.149 e. The number of aromatic nitrogens is 1. The van der Waals surface area contributed by atoms with E-state index in [0.717, 1.165) is 31.5 Å². The molecule has 24 heavy (non-hydrogen) atoms. The Hall–Kier alpha value is -1.82. The van der Waals surface area contributed by atoms with Crippen LogP contribution in [0.1, 0.15) is 49.3 Å². The fraction of sp³-hybridized carbons (Fsp3) is 0.611. The average molecular weight is 344 g/mol. The fourth-order valence-electron chi connectivity index (χ4n) is 3.95. The van der Waals surface area contributed by atoms with Crippen molar-refractivity contribution in [2.24, 2.45) is 0 Å². The summed E-state index contributed by atoms with van der Waals surface area (Å²) in [5, 5.41) is 19.1. The van der Waals surface area contributed by atoms with Crippen molar-refractivity contribution in [2.45, 2.75) is 45.1 Å². The van der Waals surface area contributed by atoms with E-state index in [0.29, 0.717) is 29.4 Å². The third-order valence-electron chi connectivity index (χ3n) is 5.24. The minimum atomic E-state index is 0.213. The molecule has 5 nitrogen and oxygen atoms in total. The van der Waals surface area contributed by atoms with Crippen molar-refractivity contribution in [3.05, 3.63) is 21.8 Å². The van der Waals surface area contributed by atoms with E-state index in [4.69, 9.17) is 11.6 Å². The van der Waals surface area contributed by atoms with Gasteiger partial charge in [0, 0.05) is 19.1 Å².